The van der Waals surface area contributed by atoms with Gasteiger partial charge in [-0.25, -0.2) is 0 Å². The third-order valence-corrected chi connectivity index (χ3v) is 3.99. The van der Waals surface area contributed by atoms with Crippen LogP contribution in [0.4, 0.5) is 0 Å². The van der Waals surface area contributed by atoms with Crippen LogP contribution in [0.2, 0.25) is 0 Å². The van der Waals surface area contributed by atoms with Gasteiger partial charge >= 0.3 is 0 Å². The van der Waals surface area contributed by atoms with Crippen molar-refractivity contribution in [3.63, 3.8) is 0 Å². The van der Waals surface area contributed by atoms with E-state index >= 15 is 0 Å². The lowest BCUT2D eigenvalue weighted by Crippen LogP contribution is -2.52. The van der Waals surface area contributed by atoms with E-state index in [9.17, 15) is 9.59 Å². The van der Waals surface area contributed by atoms with Crippen LogP contribution in [0.5, 0.6) is 0 Å². The van der Waals surface area contributed by atoms with Gasteiger partial charge in [0.25, 0.3) is 0 Å². The number of hydrogen-bond acceptors (Lipinski definition) is 2. The van der Waals surface area contributed by atoms with Crippen LogP contribution < -0.4 is 0 Å². The molecule has 0 aromatic heterocycles. The SMILES string of the molecule is CCCN(CCC)C(=O)C(C)(C)C(=O)N1CCCCC1. The molecule has 1 aliphatic rings. The average Bonchev–Trinajstić information content (AvgIpc) is 2.46. The molecule has 0 N–H and O–H groups in total. The van der Waals surface area contributed by atoms with E-state index in [-0.39, 0.29) is 11.8 Å². The lowest BCUT2D eigenvalue weighted by Gasteiger charge is -2.36. The van der Waals surface area contributed by atoms with Gasteiger partial charge in [0, 0.05) is 26.2 Å². The number of hydrogen-bond donors (Lipinski definition) is 0. The molecule has 0 aromatic rings. The van der Waals surface area contributed by atoms with Crippen molar-refractivity contribution >= 4 is 11.8 Å². The predicted molar refractivity (Wildman–Crippen MR) is 81.4 cm³/mol. The third-order valence-electron chi connectivity index (χ3n) is 3.99. The van der Waals surface area contributed by atoms with Gasteiger partial charge in [0.1, 0.15) is 5.41 Å². The molecule has 4 nitrogen and oxygen atoms in total. The minimum absolute atomic E-state index is 0.000550. The van der Waals surface area contributed by atoms with Crippen LogP contribution in [0, 0.1) is 5.41 Å². The normalized spacial score (nSPS) is 16.1. The van der Waals surface area contributed by atoms with Gasteiger partial charge in [-0.1, -0.05) is 13.8 Å². The second-order valence-electron chi connectivity index (χ2n) is 6.27. The summed E-state index contributed by atoms with van der Waals surface area (Å²) in [6.45, 7) is 10.8. The standard InChI is InChI=1S/C16H30N2O2/c1-5-10-17(11-6-2)14(19)16(3,4)15(20)18-12-8-7-9-13-18/h5-13H2,1-4H3. The number of amides is 2. The van der Waals surface area contributed by atoms with Gasteiger partial charge in [-0.3, -0.25) is 9.59 Å². The zero-order valence-electron chi connectivity index (χ0n) is 13.6. The first-order valence-corrected chi connectivity index (χ1v) is 8.03. The van der Waals surface area contributed by atoms with Crippen LogP contribution in [0.25, 0.3) is 0 Å². The van der Waals surface area contributed by atoms with Crippen molar-refractivity contribution in [3.05, 3.63) is 0 Å². The number of rotatable bonds is 6. The number of carbonyl (C=O) groups is 2. The lowest BCUT2D eigenvalue weighted by molar-refractivity contribution is -0.154. The van der Waals surface area contributed by atoms with Gasteiger partial charge in [0.15, 0.2) is 0 Å². The maximum atomic E-state index is 12.7. The molecule has 0 saturated carbocycles. The van der Waals surface area contributed by atoms with E-state index in [2.05, 4.69) is 13.8 Å². The Hall–Kier alpha value is -1.06. The topological polar surface area (TPSA) is 40.6 Å². The molecule has 1 heterocycles. The fraction of sp³-hybridized carbons (Fsp3) is 0.875. The smallest absolute Gasteiger partial charge is 0.237 e. The van der Waals surface area contributed by atoms with Crippen LogP contribution in [-0.4, -0.2) is 47.8 Å². The molecular formula is C16H30N2O2. The molecule has 2 amide bonds. The summed E-state index contributed by atoms with van der Waals surface area (Å²) in [4.78, 5) is 29.1. The molecule has 1 fully saturated rings. The molecule has 0 aromatic carbocycles. The second-order valence-corrected chi connectivity index (χ2v) is 6.27. The van der Waals surface area contributed by atoms with Crippen LogP contribution in [0.15, 0.2) is 0 Å². The molecule has 1 rings (SSSR count). The zero-order chi connectivity index (χ0) is 15.2. The Bertz CT molecular complexity index is 327. The number of likely N-dealkylation sites (tertiary alicyclic amines) is 1. The predicted octanol–water partition coefficient (Wildman–Crippen LogP) is 2.67. The molecule has 0 unspecified atom stereocenters. The lowest BCUT2D eigenvalue weighted by atomic mass is 9.88. The summed E-state index contributed by atoms with van der Waals surface area (Å²) in [7, 11) is 0. The van der Waals surface area contributed by atoms with Crippen molar-refractivity contribution in [2.75, 3.05) is 26.2 Å². The highest BCUT2D eigenvalue weighted by atomic mass is 16.2. The molecule has 0 spiro atoms. The summed E-state index contributed by atoms with van der Waals surface area (Å²) in [5, 5.41) is 0. The van der Waals surface area contributed by atoms with Gasteiger partial charge in [-0.15, -0.1) is 0 Å². The molecule has 0 bridgehead atoms. The first-order valence-electron chi connectivity index (χ1n) is 8.03. The van der Waals surface area contributed by atoms with E-state index in [0.717, 1.165) is 51.9 Å². The Morgan fingerprint density at radius 1 is 1.00 bits per heavy atom. The zero-order valence-corrected chi connectivity index (χ0v) is 13.6. The van der Waals surface area contributed by atoms with Crippen LogP contribution in [0.3, 0.4) is 0 Å². The molecular weight excluding hydrogens is 252 g/mol. The number of carbonyl (C=O) groups excluding carboxylic acids is 2. The van der Waals surface area contributed by atoms with E-state index in [1.54, 1.807) is 13.8 Å². The monoisotopic (exact) mass is 282 g/mol. The first kappa shape index (κ1) is 17.0. The summed E-state index contributed by atoms with van der Waals surface area (Å²) < 4.78 is 0. The minimum atomic E-state index is -0.929. The third kappa shape index (κ3) is 3.97. The molecule has 1 aliphatic heterocycles. The number of nitrogens with zero attached hydrogens (tertiary/aromatic N) is 2. The summed E-state index contributed by atoms with van der Waals surface area (Å²) >= 11 is 0. The van der Waals surface area contributed by atoms with Gasteiger partial charge in [0.2, 0.25) is 11.8 Å². The number of piperidine rings is 1. The van der Waals surface area contributed by atoms with Crippen LogP contribution in [-0.2, 0) is 9.59 Å². The molecule has 0 aliphatic carbocycles. The van der Waals surface area contributed by atoms with Crippen molar-refractivity contribution in [1.82, 2.24) is 9.80 Å². The Labute approximate surface area is 123 Å². The van der Waals surface area contributed by atoms with Gasteiger partial charge in [0.05, 0.1) is 0 Å². The van der Waals surface area contributed by atoms with E-state index in [1.807, 2.05) is 9.80 Å². The molecule has 0 atom stereocenters. The fourth-order valence-electron chi connectivity index (χ4n) is 2.83. The summed E-state index contributed by atoms with van der Waals surface area (Å²) in [6, 6.07) is 0. The van der Waals surface area contributed by atoms with Crippen molar-refractivity contribution in [2.45, 2.75) is 59.8 Å². The van der Waals surface area contributed by atoms with Crippen molar-refractivity contribution in [3.8, 4) is 0 Å². The molecule has 0 radical (unpaired) electrons. The van der Waals surface area contributed by atoms with Crippen molar-refractivity contribution < 1.29 is 9.59 Å². The quantitative estimate of drug-likeness (QED) is 0.703. The van der Waals surface area contributed by atoms with Gasteiger partial charge in [-0.2, -0.15) is 0 Å². The van der Waals surface area contributed by atoms with E-state index in [1.165, 1.54) is 6.42 Å². The highest BCUT2D eigenvalue weighted by Gasteiger charge is 2.41. The summed E-state index contributed by atoms with van der Waals surface area (Å²) in [5.74, 6) is -0.0174. The summed E-state index contributed by atoms with van der Waals surface area (Å²) in [6.07, 6.45) is 5.17. The highest BCUT2D eigenvalue weighted by molar-refractivity contribution is 6.04. The van der Waals surface area contributed by atoms with Crippen molar-refractivity contribution in [2.24, 2.45) is 5.41 Å². The maximum Gasteiger partial charge on any atom is 0.237 e. The Morgan fingerprint density at radius 2 is 1.50 bits per heavy atom. The van der Waals surface area contributed by atoms with Gasteiger partial charge < -0.3 is 9.80 Å². The van der Waals surface area contributed by atoms with Crippen LogP contribution >= 0.6 is 0 Å². The van der Waals surface area contributed by atoms with Crippen molar-refractivity contribution in [1.29, 1.82) is 0 Å². The largest absolute Gasteiger partial charge is 0.342 e. The molecule has 1 saturated heterocycles. The average molecular weight is 282 g/mol. The Morgan fingerprint density at radius 3 is 1.95 bits per heavy atom. The molecule has 20 heavy (non-hydrogen) atoms. The fourth-order valence-corrected chi connectivity index (χ4v) is 2.83. The molecule has 4 heteroatoms. The van der Waals surface area contributed by atoms with Gasteiger partial charge in [-0.05, 0) is 46.0 Å². The second kappa shape index (κ2) is 7.65. The first-order chi connectivity index (χ1) is 9.45. The van der Waals surface area contributed by atoms with E-state index < -0.39 is 5.41 Å². The molecule has 116 valence electrons. The highest BCUT2D eigenvalue weighted by Crippen LogP contribution is 2.25. The Kier molecular flexibility index (Phi) is 6.50. The summed E-state index contributed by atoms with van der Waals surface area (Å²) in [5.41, 5.74) is -0.929. The van der Waals surface area contributed by atoms with Crippen LogP contribution in [0.1, 0.15) is 59.8 Å². The minimum Gasteiger partial charge on any atom is -0.342 e. The maximum absolute atomic E-state index is 12.7. The van der Waals surface area contributed by atoms with E-state index in [4.69, 9.17) is 0 Å². The van der Waals surface area contributed by atoms with E-state index in [0.29, 0.717) is 0 Å². The Balaban J connectivity index is 2.77.